The number of rotatable bonds is 8. The summed E-state index contributed by atoms with van der Waals surface area (Å²) in [5, 5.41) is 9.29. The summed E-state index contributed by atoms with van der Waals surface area (Å²) in [5.41, 5.74) is 0.672. The number of nitrogens with zero attached hydrogens (tertiary/aromatic N) is 5. The fourth-order valence-electron chi connectivity index (χ4n) is 3.04. The molecule has 3 aromatic rings. The van der Waals surface area contributed by atoms with E-state index in [2.05, 4.69) is 9.97 Å². The Kier molecular flexibility index (Phi) is 5.41. The van der Waals surface area contributed by atoms with Gasteiger partial charge in [-0.25, -0.2) is 19.6 Å². The molecule has 3 rings (SSSR count). The van der Waals surface area contributed by atoms with Gasteiger partial charge in [0.25, 0.3) is 0 Å². The summed E-state index contributed by atoms with van der Waals surface area (Å²) >= 11 is 0. The van der Waals surface area contributed by atoms with Crippen LogP contribution in [0, 0.1) is 0 Å². The van der Waals surface area contributed by atoms with Gasteiger partial charge in [0.2, 0.25) is 0 Å². The molecule has 0 spiro atoms. The first-order valence-corrected chi connectivity index (χ1v) is 8.85. The van der Waals surface area contributed by atoms with E-state index in [1.165, 1.54) is 21.4 Å². The third kappa shape index (κ3) is 3.63. The second kappa shape index (κ2) is 7.75. The Hall–Kier alpha value is -2.94. The summed E-state index contributed by atoms with van der Waals surface area (Å²) in [4.78, 5) is 32.9. The first-order valence-electron chi connectivity index (χ1n) is 8.85. The van der Waals surface area contributed by atoms with Crippen molar-refractivity contribution in [2.75, 3.05) is 13.2 Å². The van der Waals surface area contributed by atoms with Gasteiger partial charge in [-0.2, -0.15) is 0 Å². The van der Waals surface area contributed by atoms with Crippen LogP contribution >= 0.6 is 0 Å². The van der Waals surface area contributed by atoms with Crippen molar-refractivity contribution in [3.8, 4) is 0 Å². The maximum atomic E-state index is 13.0. The average Bonchev–Trinajstić information content (AvgIpc) is 3.20. The molecule has 0 aliphatic heterocycles. The summed E-state index contributed by atoms with van der Waals surface area (Å²) in [7, 11) is 0. The maximum Gasteiger partial charge on any atom is 0.337 e. The van der Waals surface area contributed by atoms with Crippen LogP contribution in [0.2, 0.25) is 0 Å². The normalized spacial score (nSPS) is 11.6. The van der Waals surface area contributed by atoms with E-state index >= 15 is 0 Å². The third-order valence-electron chi connectivity index (χ3n) is 4.37. The lowest BCUT2D eigenvalue weighted by atomic mass is 10.2. The molecule has 0 unspecified atom stereocenters. The minimum Gasteiger partial charge on any atom is -0.478 e. The van der Waals surface area contributed by atoms with Crippen molar-refractivity contribution in [3.63, 3.8) is 0 Å². The lowest BCUT2D eigenvalue weighted by Gasteiger charge is -2.11. The Morgan fingerprint density at radius 1 is 1.30 bits per heavy atom. The van der Waals surface area contributed by atoms with Crippen LogP contribution in [-0.4, -0.2) is 48.0 Å². The zero-order chi connectivity index (χ0) is 19.6. The number of hydrogen-bond donors (Lipinski definition) is 1. The van der Waals surface area contributed by atoms with E-state index in [4.69, 9.17) is 4.74 Å². The van der Waals surface area contributed by atoms with E-state index in [1.54, 1.807) is 6.20 Å². The van der Waals surface area contributed by atoms with E-state index in [9.17, 15) is 14.7 Å². The zero-order valence-electron chi connectivity index (χ0n) is 15.6. The lowest BCUT2D eigenvalue weighted by Crippen LogP contribution is -2.27. The van der Waals surface area contributed by atoms with Gasteiger partial charge >= 0.3 is 11.7 Å². The van der Waals surface area contributed by atoms with Gasteiger partial charge in [0.1, 0.15) is 5.82 Å². The number of ether oxygens (including phenoxy) is 1. The Balaban J connectivity index is 2.12. The number of fused-ring (bicyclic) bond motifs is 1. The molecular formula is C18H23N5O4. The van der Waals surface area contributed by atoms with Crippen LogP contribution < -0.4 is 5.69 Å². The van der Waals surface area contributed by atoms with E-state index in [-0.39, 0.29) is 23.8 Å². The molecule has 9 nitrogen and oxygen atoms in total. The molecule has 0 fully saturated rings. The van der Waals surface area contributed by atoms with Gasteiger partial charge in [0.15, 0.2) is 5.65 Å². The van der Waals surface area contributed by atoms with Crippen molar-refractivity contribution >= 4 is 17.1 Å². The smallest absolute Gasteiger partial charge is 0.337 e. The van der Waals surface area contributed by atoms with Crippen molar-refractivity contribution in [1.82, 2.24) is 23.7 Å². The number of aromatic carboxylic acids is 1. The predicted octanol–water partition coefficient (Wildman–Crippen LogP) is 1.76. The highest BCUT2D eigenvalue weighted by Gasteiger charge is 2.18. The van der Waals surface area contributed by atoms with E-state index < -0.39 is 5.97 Å². The minimum absolute atomic E-state index is 0.0328. The highest BCUT2D eigenvalue weighted by atomic mass is 16.5. The lowest BCUT2D eigenvalue weighted by molar-refractivity contribution is 0.0696. The van der Waals surface area contributed by atoms with Crippen molar-refractivity contribution in [1.29, 1.82) is 0 Å². The SMILES string of the molecule is CCOCCn1c(=O)n(Cc2nccn2C(C)C)c2cc(C(=O)O)cnc21. The average molecular weight is 373 g/mol. The molecule has 3 heterocycles. The van der Waals surface area contributed by atoms with Crippen LogP contribution in [0.15, 0.2) is 29.5 Å². The maximum absolute atomic E-state index is 13.0. The molecule has 0 aliphatic carbocycles. The molecule has 0 aromatic carbocycles. The van der Waals surface area contributed by atoms with Gasteiger partial charge in [0, 0.05) is 31.2 Å². The molecule has 0 atom stereocenters. The van der Waals surface area contributed by atoms with Gasteiger partial charge in [-0.05, 0) is 26.8 Å². The van der Waals surface area contributed by atoms with Crippen LogP contribution in [-0.2, 0) is 17.8 Å². The van der Waals surface area contributed by atoms with Gasteiger partial charge in [-0.3, -0.25) is 9.13 Å². The fraction of sp³-hybridized carbons (Fsp3) is 0.444. The minimum atomic E-state index is -1.09. The predicted molar refractivity (Wildman–Crippen MR) is 99.2 cm³/mol. The molecule has 0 saturated carbocycles. The van der Waals surface area contributed by atoms with Gasteiger partial charge in [-0.15, -0.1) is 0 Å². The van der Waals surface area contributed by atoms with Gasteiger partial charge in [0.05, 0.1) is 30.8 Å². The Labute approximate surface area is 155 Å². The molecule has 9 heteroatoms. The van der Waals surface area contributed by atoms with Crippen LogP contribution in [0.4, 0.5) is 0 Å². The Bertz CT molecular complexity index is 1010. The molecule has 1 N–H and O–H groups in total. The van der Waals surface area contributed by atoms with Crippen molar-refractivity contribution in [2.45, 2.75) is 39.9 Å². The molecule has 27 heavy (non-hydrogen) atoms. The molecule has 0 amide bonds. The van der Waals surface area contributed by atoms with Crippen molar-refractivity contribution in [2.24, 2.45) is 0 Å². The second-order valence-corrected chi connectivity index (χ2v) is 6.43. The van der Waals surface area contributed by atoms with Gasteiger partial charge < -0.3 is 14.4 Å². The molecule has 0 saturated heterocycles. The summed E-state index contributed by atoms with van der Waals surface area (Å²) in [5.74, 6) is -0.370. The van der Waals surface area contributed by atoms with Gasteiger partial charge in [-0.1, -0.05) is 0 Å². The number of carbonyl (C=O) groups is 1. The van der Waals surface area contributed by atoms with Crippen molar-refractivity contribution in [3.05, 3.63) is 46.5 Å². The number of pyridine rings is 1. The standard InChI is InChI=1S/C18H23N5O4/c1-4-27-8-7-22-16-14(9-13(10-20-16)17(24)25)23(18(22)26)11-15-19-5-6-21(15)12(2)3/h5-6,9-10,12H,4,7-8,11H2,1-3H3,(H,24,25). The number of carboxylic acids is 1. The van der Waals surface area contributed by atoms with E-state index in [0.29, 0.717) is 30.9 Å². The number of aromatic nitrogens is 5. The van der Waals surface area contributed by atoms with Crippen LogP contribution in [0.25, 0.3) is 11.2 Å². The van der Waals surface area contributed by atoms with E-state index in [1.807, 2.05) is 31.5 Å². The summed E-state index contributed by atoms with van der Waals surface area (Å²) in [6.07, 6.45) is 4.82. The van der Waals surface area contributed by atoms with Crippen LogP contribution in [0.3, 0.4) is 0 Å². The molecular weight excluding hydrogens is 350 g/mol. The third-order valence-corrected chi connectivity index (χ3v) is 4.37. The largest absolute Gasteiger partial charge is 0.478 e. The highest BCUT2D eigenvalue weighted by Crippen LogP contribution is 2.16. The van der Waals surface area contributed by atoms with E-state index in [0.717, 1.165) is 5.82 Å². The second-order valence-electron chi connectivity index (χ2n) is 6.43. The number of imidazole rings is 2. The fourth-order valence-corrected chi connectivity index (χ4v) is 3.04. The van der Waals surface area contributed by atoms with Crippen LogP contribution in [0.5, 0.6) is 0 Å². The topological polar surface area (TPSA) is 104 Å². The van der Waals surface area contributed by atoms with Crippen molar-refractivity contribution < 1.29 is 14.6 Å². The number of hydrogen-bond acceptors (Lipinski definition) is 5. The monoisotopic (exact) mass is 373 g/mol. The van der Waals surface area contributed by atoms with Crippen LogP contribution in [0.1, 0.15) is 43.0 Å². The molecule has 0 aliphatic rings. The highest BCUT2D eigenvalue weighted by molar-refractivity contribution is 5.91. The number of carboxylic acid groups (broad SMARTS) is 1. The quantitative estimate of drug-likeness (QED) is 0.603. The summed E-state index contributed by atoms with van der Waals surface area (Å²) < 4.78 is 10.4. The molecule has 0 radical (unpaired) electrons. The summed E-state index contributed by atoms with van der Waals surface area (Å²) in [6.45, 7) is 7.44. The molecule has 3 aromatic heterocycles. The zero-order valence-corrected chi connectivity index (χ0v) is 15.6. The first kappa shape index (κ1) is 18.8. The Morgan fingerprint density at radius 3 is 2.74 bits per heavy atom. The molecule has 0 bridgehead atoms. The summed E-state index contributed by atoms with van der Waals surface area (Å²) in [6, 6.07) is 1.67. The first-order chi connectivity index (χ1) is 12.9. The molecule has 144 valence electrons. The Morgan fingerprint density at radius 2 is 2.07 bits per heavy atom.